The summed E-state index contributed by atoms with van der Waals surface area (Å²) in [6.45, 7) is 1.94. The Hall–Kier alpha value is -2.45. The lowest BCUT2D eigenvalue weighted by Gasteiger charge is -2.52. The van der Waals surface area contributed by atoms with Crippen LogP contribution in [0, 0.1) is 11.7 Å². The van der Waals surface area contributed by atoms with Crippen LogP contribution in [0.2, 0.25) is 0 Å². The van der Waals surface area contributed by atoms with E-state index in [9.17, 15) is 27.8 Å². The van der Waals surface area contributed by atoms with E-state index in [0.717, 1.165) is 22.0 Å². The molecule has 0 unspecified atom stereocenters. The van der Waals surface area contributed by atoms with E-state index in [0.29, 0.717) is 31.4 Å². The van der Waals surface area contributed by atoms with Crippen LogP contribution >= 0.6 is 0 Å². The van der Waals surface area contributed by atoms with E-state index < -0.39 is 35.6 Å². The fourth-order valence-corrected chi connectivity index (χ4v) is 6.14. The van der Waals surface area contributed by atoms with Gasteiger partial charge in [-0.15, -0.1) is 0 Å². The Morgan fingerprint density at radius 3 is 2.55 bits per heavy atom. The van der Waals surface area contributed by atoms with Crippen molar-refractivity contribution >= 4 is 10.9 Å². The number of benzene rings is 2. The maximum absolute atomic E-state index is 13.7. The average Bonchev–Trinajstić information content (AvgIpc) is 3.11. The zero-order valence-electron chi connectivity index (χ0n) is 18.2. The predicted molar refractivity (Wildman–Crippen MR) is 116 cm³/mol. The van der Waals surface area contributed by atoms with Crippen molar-refractivity contribution < 1.29 is 27.8 Å². The molecule has 1 fully saturated rings. The fraction of sp³-hybridized carbons (Fsp3) is 0.480. The molecule has 1 heterocycles. The van der Waals surface area contributed by atoms with Crippen molar-refractivity contribution in [2.24, 2.45) is 5.92 Å². The number of alkyl halides is 3. The molecule has 0 radical (unpaired) electrons. The number of aliphatic hydroxyl groups excluding tert-OH is 1. The monoisotopic (exact) mass is 462 g/mol. The maximum atomic E-state index is 13.7. The summed E-state index contributed by atoms with van der Waals surface area (Å²) < 4.78 is 56.2. The molecule has 5 rings (SSSR count). The predicted octanol–water partition coefficient (Wildman–Crippen LogP) is 5.21. The second-order valence-electron chi connectivity index (χ2n) is 9.55. The number of aryl methyl sites for hydroxylation is 1. The zero-order chi connectivity index (χ0) is 23.6. The first kappa shape index (κ1) is 22.3. The molecular weight excluding hydrogens is 436 g/mol. The second kappa shape index (κ2) is 7.53. The highest BCUT2D eigenvalue weighted by Gasteiger charge is 2.65. The van der Waals surface area contributed by atoms with Crippen LogP contribution in [0.25, 0.3) is 16.6 Å². The highest BCUT2D eigenvalue weighted by Crippen LogP contribution is 2.57. The molecule has 176 valence electrons. The van der Waals surface area contributed by atoms with E-state index in [2.05, 4.69) is 5.10 Å². The molecule has 2 aliphatic carbocycles. The number of hydrogen-bond donors (Lipinski definition) is 2. The van der Waals surface area contributed by atoms with Crippen molar-refractivity contribution in [3.05, 3.63) is 59.5 Å². The number of fused-ring (bicyclic) bond motifs is 4. The van der Waals surface area contributed by atoms with Crippen molar-refractivity contribution in [2.75, 3.05) is 0 Å². The number of rotatable bonds is 2. The van der Waals surface area contributed by atoms with Gasteiger partial charge in [0.1, 0.15) is 5.82 Å². The van der Waals surface area contributed by atoms with E-state index in [1.54, 1.807) is 23.0 Å². The van der Waals surface area contributed by atoms with Crippen molar-refractivity contribution in [3.8, 4) is 5.69 Å². The largest absolute Gasteiger partial charge is 0.419 e. The Balaban J connectivity index is 1.64. The van der Waals surface area contributed by atoms with Gasteiger partial charge in [-0.25, -0.2) is 9.07 Å². The minimum absolute atomic E-state index is 0.144. The summed E-state index contributed by atoms with van der Waals surface area (Å²) in [5, 5.41) is 26.4. The first-order valence-electron chi connectivity index (χ1n) is 11.3. The van der Waals surface area contributed by atoms with Crippen LogP contribution in [0.3, 0.4) is 0 Å². The number of halogens is 4. The van der Waals surface area contributed by atoms with Gasteiger partial charge >= 0.3 is 6.18 Å². The third-order valence-electron chi connectivity index (χ3n) is 7.97. The van der Waals surface area contributed by atoms with Crippen LogP contribution in [0.15, 0.2) is 42.6 Å². The smallest absolute Gasteiger partial charge is 0.390 e. The molecule has 3 aromatic rings. The van der Waals surface area contributed by atoms with Crippen molar-refractivity contribution in [1.82, 2.24) is 9.78 Å². The molecule has 2 N–H and O–H groups in total. The van der Waals surface area contributed by atoms with Gasteiger partial charge in [0.05, 0.1) is 23.5 Å². The minimum Gasteiger partial charge on any atom is -0.390 e. The van der Waals surface area contributed by atoms with Crippen LogP contribution in [0.1, 0.15) is 50.2 Å². The maximum Gasteiger partial charge on any atom is 0.419 e. The molecule has 0 spiro atoms. The first-order chi connectivity index (χ1) is 15.6. The molecule has 1 aromatic heterocycles. The SMILES string of the molecule is CC[C@@]12C[C@H](O)[C@@](O)(C(F)(F)F)C[C@H]1CCCc1cc3c(cnn3-c3ccc(F)cc3)cc12. The van der Waals surface area contributed by atoms with Gasteiger partial charge in [0, 0.05) is 10.8 Å². The van der Waals surface area contributed by atoms with E-state index in [1.807, 2.05) is 19.1 Å². The first-order valence-corrected chi connectivity index (χ1v) is 11.3. The molecule has 2 aliphatic rings. The van der Waals surface area contributed by atoms with Gasteiger partial charge in [-0.3, -0.25) is 0 Å². The normalized spacial score (nSPS) is 30.0. The molecule has 4 nitrogen and oxygen atoms in total. The second-order valence-corrected chi connectivity index (χ2v) is 9.55. The molecule has 0 saturated heterocycles. The van der Waals surface area contributed by atoms with Gasteiger partial charge in [-0.2, -0.15) is 18.3 Å². The van der Waals surface area contributed by atoms with Crippen LogP contribution in [-0.2, 0) is 11.8 Å². The molecule has 2 aromatic carbocycles. The summed E-state index contributed by atoms with van der Waals surface area (Å²) in [4.78, 5) is 0. The van der Waals surface area contributed by atoms with Crippen LogP contribution in [0.5, 0.6) is 0 Å². The number of hydrogen-bond acceptors (Lipinski definition) is 3. The molecule has 1 saturated carbocycles. The zero-order valence-corrected chi connectivity index (χ0v) is 18.2. The highest BCUT2D eigenvalue weighted by molar-refractivity contribution is 5.82. The Labute approximate surface area is 188 Å². The van der Waals surface area contributed by atoms with Crippen LogP contribution in [-0.4, -0.2) is 37.9 Å². The molecular formula is C25H26F4N2O2. The number of nitrogens with zero attached hydrogens (tertiary/aromatic N) is 2. The molecule has 8 heteroatoms. The Morgan fingerprint density at radius 1 is 1.15 bits per heavy atom. The van der Waals surface area contributed by atoms with E-state index in [1.165, 1.54) is 12.1 Å². The summed E-state index contributed by atoms with van der Waals surface area (Å²) in [6, 6.07) is 10.0. The summed E-state index contributed by atoms with van der Waals surface area (Å²) in [7, 11) is 0. The van der Waals surface area contributed by atoms with Gasteiger partial charge in [-0.05, 0) is 92.0 Å². The summed E-state index contributed by atoms with van der Waals surface area (Å²) in [5.74, 6) is -0.738. The van der Waals surface area contributed by atoms with E-state index in [4.69, 9.17) is 0 Å². The van der Waals surface area contributed by atoms with Crippen molar-refractivity contribution in [3.63, 3.8) is 0 Å². The average molecular weight is 462 g/mol. The topological polar surface area (TPSA) is 58.3 Å². The Morgan fingerprint density at radius 2 is 1.88 bits per heavy atom. The third-order valence-corrected chi connectivity index (χ3v) is 7.97. The highest BCUT2D eigenvalue weighted by atomic mass is 19.4. The minimum atomic E-state index is -4.89. The molecule has 4 atom stereocenters. The molecule has 0 bridgehead atoms. The summed E-state index contributed by atoms with van der Waals surface area (Å²) >= 11 is 0. The standard InChI is InChI=1S/C25H26F4N2O2/c1-2-23-13-22(32)24(33,25(27,28)29)12-17(23)5-3-4-15-11-21-16(10-20(15)23)14-30-31(21)19-8-6-18(26)7-9-19/h6-11,14,17,22,32-33H,2-5,12-13H2,1H3/t17-,22+,23-,24-/m1/s1. The lowest BCUT2D eigenvalue weighted by Crippen LogP contribution is -2.62. The lowest BCUT2D eigenvalue weighted by molar-refractivity contribution is -0.310. The van der Waals surface area contributed by atoms with Gasteiger partial charge < -0.3 is 10.2 Å². The lowest BCUT2D eigenvalue weighted by atomic mass is 9.55. The van der Waals surface area contributed by atoms with Crippen molar-refractivity contribution in [2.45, 2.75) is 68.7 Å². The van der Waals surface area contributed by atoms with Crippen LogP contribution in [0.4, 0.5) is 17.6 Å². The van der Waals surface area contributed by atoms with Crippen LogP contribution < -0.4 is 0 Å². The Bertz CT molecular complexity index is 1190. The quantitative estimate of drug-likeness (QED) is 0.514. The third kappa shape index (κ3) is 3.29. The van der Waals surface area contributed by atoms with Gasteiger partial charge in [0.25, 0.3) is 0 Å². The van der Waals surface area contributed by atoms with E-state index in [-0.39, 0.29) is 12.2 Å². The molecule has 0 aliphatic heterocycles. The summed E-state index contributed by atoms with van der Waals surface area (Å²) in [5.41, 5.74) is -0.213. The fourth-order valence-electron chi connectivity index (χ4n) is 6.14. The van der Waals surface area contributed by atoms with Gasteiger partial charge in [0.2, 0.25) is 0 Å². The van der Waals surface area contributed by atoms with Gasteiger partial charge in [-0.1, -0.05) is 6.92 Å². The van der Waals surface area contributed by atoms with E-state index >= 15 is 0 Å². The summed E-state index contributed by atoms with van der Waals surface area (Å²) in [6.07, 6.45) is -3.22. The Kier molecular flexibility index (Phi) is 5.10. The number of aromatic nitrogens is 2. The molecule has 33 heavy (non-hydrogen) atoms. The van der Waals surface area contributed by atoms with Crippen molar-refractivity contribution in [1.29, 1.82) is 0 Å². The van der Waals surface area contributed by atoms with Gasteiger partial charge in [0.15, 0.2) is 5.60 Å². The molecule has 0 amide bonds. The number of aliphatic hydroxyl groups is 2.